The molecule has 102 valence electrons. The second-order valence-corrected chi connectivity index (χ2v) is 7.11. The molecule has 0 fully saturated rings. The molecule has 0 radical (unpaired) electrons. The summed E-state index contributed by atoms with van der Waals surface area (Å²) in [5, 5.41) is 4.03. The van der Waals surface area contributed by atoms with Gasteiger partial charge in [-0.15, -0.1) is 0 Å². The van der Waals surface area contributed by atoms with Crippen LogP contribution in [-0.4, -0.2) is 24.0 Å². The number of aromatic nitrogens is 2. The zero-order chi connectivity index (χ0) is 13.9. The lowest BCUT2D eigenvalue weighted by molar-refractivity contribution is 0.580. The molecule has 0 aliphatic heterocycles. The summed E-state index contributed by atoms with van der Waals surface area (Å²) < 4.78 is 26.7. The Morgan fingerprint density at radius 1 is 1.26 bits per heavy atom. The van der Waals surface area contributed by atoms with Gasteiger partial charge >= 0.3 is 0 Å². The number of benzene rings is 1. The van der Waals surface area contributed by atoms with E-state index in [9.17, 15) is 8.42 Å². The van der Waals surface area contributed by atoms with Crippen molar-refractivity contribution >= 4 is 25.8 Å². The highest BCUT2D eigenvalue weighted by Crippen LogP contribution is 2.13. The predicted molar refractivity (Wildman–Crippen MR) is 76.3 cm³/mol. The molecule has 0 bridgehead atoms. The number of rotatable bonds is 5. The van der Waals surface area contributed by atoms with Gasteiger partial charge in [0.25, 0.3) is 0 Å². The minimum atomic E-state index is -3.29. The van der Waals surface area contributed by atoms with Gasteiger partial charge in [-0.3, -0.25) is 4.68 Å². The third kappa shape index (κ3) is 3.65. The summed E-state index contributed by atoms with van der Waals surface area (Å²) in [7, 11) is -3.29. The van der Waals surface area contributed by atoms with Gasteiger partial charge in [-0.1, -0.05) is 12.1 Å². The maximum absolute atomic E-state index is 12.1. The molecule has 0 amide bonds. The molecule has 5 nitrogen and oxygen atoms in total. The van der Waals surface area contributed by atoms with Crippen LogP contribution >= 0.6 is 15.9 Å². The van der Waals surface area contributed by atoms with Crippen LogP contribution in [0.3, 0.4) is 0 Å². The van der Waals surface area contributed by atoms with E-state index in [1.165, 1.54) is 0 Å². The SMILES string of the molecule is NCc1ccc(S(=O)(=O)CCn2cc(Br)cn2)cc1. The highest BCUT2D eigenvalue weighted by Gasteiger charge is 2.14. The first-order chi connectivity index (χ1) is 9.01. The highest BCUT2D eigenvalue weighted by molar-refractivity contribution is 9.10. The van der Waals surface area contributed by atoms with Gasteiger partial charge in [0.15, 0.2) is 9.84 Å². The maximum Gasteiger partial charge on any atom is 0.180 e. The molecule has 0 atom stereocenters. The number of nitrogens with two attached hydrogens (primary N) is 1. The van der Waals surface area contributed by atoms with Gasteiger partial charge in [-0.25, -0.2) is 8.42 Å². The fourth-order valence-corrected chi connectivity index (χ4v) is 3.17. The van der Waals surface area contributed by atoms with Crippen LogP contribution in [0.15, 0.2) is 46.0 Å². The fraction of sp³-hybridized carbons (Fsp3) is 0.250. The number of sulfone groups is 1. The Labute approximate surface area is 120 Å². The molecule has 7 heteroatoms. The Morgan fingerprint density at radius 2 is 1.95 bits per heavy atom. The number of hydrogen-bond acceptors (Lipinski definition) is 4. The van der Waals surface area contributed by atoms with Crippen LogP contribution in [0.2, 0.25) is 0 Å². The summed E-state index contributed by atoms with van der Waals surface area (Å²) in [4.78, 5) is 0.316. The Hall–Kier alpha value is -1.18. The van der Waals surface area contributed by atoms with Crippen LogP contribution < -0.4 is 5.73 Å². The minimum absolute atomic E-state index is 0.0170. The average molecular weight is 344 g/mol. The zero-order valence-corrected chi connectivity index (χ0v) is 12.6. The zero-order valence-electron chi connectivity index (χ0n) is 10.2. The number of halogens is 1. The third-order valence-corrected chi connectivity index (χ3v) is 4.83. The molecule has 0 saturated heterocycles. The molecule has 0 saturated carbocycles. The number of aryl methyl sites for hydroxylation is 1. The topological polar surface area (TPSA) is 78.0 Å². The summed E-state index contributed by atoms with van der Waals surface area (Å²) in [6.45, 7) is 0.730. The van der Waals surface area contributed by atoms with Crippen LogP contribution in [0.25, 0.3) is 0 Å². The first kappa shape index (κ1) is 14.2. The molecule has 2 rings (SSSR count). The van der Waals surface area contributed by atoms with Crippen molar-refractivity contribution in [2.24, 2.45) is 5.73 Å². The van der Waals surface area contributed by atoms with E-state index in [2.05, 4.69) is 21.0 Å². The highest BCUT2D eigenvalue weighted by atomic mass is 79.9. The summed E-state index contributed by atoms with van der Waals surface area (Å²) in [6.07, 6.45) is 3.37. The quantitative estimate of drug-likeness (QED) is 0.893. The van der Waals surface area contributed by atoms with E-state index in [0.717, 1.165) is 10.0 Å². The van der Waals surface area contributed by atoms with Gasteiger partial charge in [0.05, 0.1) is 27.9 Å². The Morgan fingerprint density at radius 3 is 2.47 bits per heavy atom. The van der Waals surface area contributed by atoms with Gasteiger partial charge in [-0.2, -0.15) is 5.10 Å². The van der Waals surface area contributed by atoms with Crippen molar-refractivity contribution in [2.45, 2.75) is 18.0 Å². The van der Waals surface area contributed by atoms with Crippen LogP contribution in [-0.2, 0) is 22.9 Å². The van der Waals surface area contributed by atoms with Crippen LogP contribution in [0.1, 0.15) is 5.56 Å². The van der Waals surface area contributed by atoms with Gasteiger partial charge in [0.1, 0.15) is 0 Å². The number of nitrogens with zero attached hydrogens (tertiary/aromatic N) is 2. The standard InChI is InChI=1S/C12H14BrN3O2S/c13-11-8-15-16(9-11)5-6-19(17,18)12-3-1-10(7-14)2-4-12/h1-4,8-9H,5-7,14H2. The molecule has 1 aromatic heterocycles. The molecule has 2 N–H and O–H groups in total. The van der Waals surface area contributed by atoms with Crippen molar-refractivity contribution in [3.8, 4) is 0 Å². The van der Waals surface area contributed by atoms with Crippen molar-refractivity contribution < 1.29 is 8.42 Å². The summed E-state index contributed by atoms with van der Waals surface area (Å²) in [6, 6.07) is 6.65. The van der Waals surface area contributed by atoms with E-state index >= 15 is 0 Å². The summed E-state index contributed by atoms with van der Waals surface area (Å²) in [5.74, 6) is 0.0170. The molecule has 1 aromatic carbocycles. The van der Waals surface area contributed by atoms with Gasteiger partial charge in [0, 0.05) is 12.7 Å². The lowest BCUT2D eigenvalue weighted by atomic mass is 10.2. The maximum atomic E-state index is 12.1. The summed E-state index contributed by atoms with van der Waals surface area (Å²) in [5.41, 5.74) is 6.39. The van der Waals surface area contributed by atoms with Gasteiger partial charge < -0.3 is 5.73 Å². The van der Waals surface area contributed by atoms with Crippen molar-refractivity contribution in [1.29, 1.82) is 0 Å². The van der Waals surface area contributed by atoms with Crippen molar-refractivity contribution in [2.75, 3.05) is 5.75 Å². The average Bonchev–Trinajstić information content (AvgIpc) is 2.82. The monoisotopic (exact) mass is 343 g/mol. The van der Waals surface area contributed by atoms with E-state index in [4.69, 9.17) is 5.73 Å². The Kier molecular flexibility index (Phi) is 4.38. The van der Waals surface area contributed by atoms with E-state index in [-0.39, 0.29) is 5.75 Å². The van der Waals surface area contributed by atoms with E-state index in [1.807, 2.05) is 0 Å². The van der Waals surface area contributed by atoms with Gasteiger partial charge in [0.2, 0.25) is 0 Å². The third-order valence-electron chi connectivity index (χ3n) is 2.71. The normalized spacial score (nSPS) is 11.7. The van der Waals surface area contributed by atoms with Crippen LogP contribution in [0.5, 0.6) is 0 Å². The molecule has 19 heavy (non-hydrogen) atoms. The lowest BCUT2D eigenvalue weighted by Crippen LogP contribution is -2.13. The van der Waals surface area contributed by atoms with Crippen molar-refractivity contribution in [3.05, 3.63) is 46.7 Å². The molecule has 0 aliphatic rings. The van der Waals surface area contributed by atoms with E-state index < -0.39 is 9.84 Å². The fourth-order valence-electron chi connectivity index (χ4n) is 1.63. The predicted octanol–water partition coefficient (Wildman–Crippen LogP) is 1.58. The molecule has 0 aliphatic carbocycles. The van der Waals surface area contributed by atoms with Crippen LogP contribution in [0.4, 0.5) is 0 Å². The first-order valence-corrected chi connectivity index (χ1v) is 8.15. The van der Waals surface area contributed by atoms with Crippen molar-refractivity contribution in [3.63, 3.8) is 0 Å². The van der Waals surface area contributed by atoms with Gasteiger partial charge in [-0.05, 0) is 33.6 Å². The second kappa shape index (κ2) is 5.85. The smallest absolute Gasteiger partial charge is 0.180 e. The van der Waals surface area contributed by atoms with E-state index in [1.54, 1.807) is 41.3 Å². The molecule has 2 aromatic rings. The summed E-state index contributed by atoms with van der Waals surface area (Å²) >= 11 is 3.27. The molecular formula is C12H14BrN3O2S. The lowest BCUT2D eigenvalue weighted by Gasteiger charge is -2.05. The molecule has 0 unspecified atom stereocenters. The largest absolute Gasteiger partial charge is 0.326 e. The molecule has 1 heterocycles. The van der Waals surface area contributed by atoms with Crippen molar-refractivity contribution in [1.82, 2.24) is 9.78 Å². The second-order valence-electron chi connectivity index (χ2n) is 4.09. The molecular weight excluding hydrogens is 330 g/mol. The Balaban J connectivity index is 2.09. The first-order valence-electron chi connectivity index (χ1n) is 5.71. The van der Waals surface area contributed by atoms with Crippen LogP contribution in [0, 0.1) is 0 Å². The number of hydrogen-bond donors (Lipinski definition) is 1. The Bertz CT molecular complexity index is 650. The van der Waals surface area contributed by atoms with E-state index in [0.29, 0.717) is 18.0 Å². The molecule has 0 spiro atoms. The minimum Gasteiger partial charge on any atom is -0.326 e.